The number of esters is 1. The van der Waals surface area contributed by atoms with Gasteiger partial charge in [-0.15, -0.1) is 0 Å². The third-order valence-electron chi connectivity index (χ3n) is 5.23. The molecule has 2 heterocycles. The monoisotopic (exact) mass is 282 g/mol. The molecule has 3 fully saturated rings. The molecule has 3 aliphatic rings. The van der Waals surface area contributed by atoms with Crippen molar-refractivity contribution in [1.82, 2.24) is 0 Å². The first-order chi connectivity index (χ1) is 9.23. The van der Waals surface area contributed by atoms with Crippen LogP contribution in [0.15, 0.2) is 0 Å². The van der Waals surface area contributed by atoms with Gasteiger partial charge in [-0.05, 0) is 20.3 Å². The molecule has 4 atom stereocenters. The molecular weight excluding hydrogens is 260 g/mol. The smallest absolute Gasteiger partial charge is 0.310 e. The number of hydrogen-bond acceptors (Lipinski definition) is 5. The molecule has 0 spiro atoms. The summed E-state index contributed by atoms with van der Waals surface area (Å²) in [6.07, 6.45) is 1.66. The predicted molar refractivity (Wildman–Crippen MR) is 69.8 cm³/mol. The summed E-state index contributed by atoms with van der Waals surface area (Å²) >= 11 is 0. The van der Waals surface area contributed by atoms with Crippen molar-refractivity contribution in [2.24, 2.45) is 17.3 Å². The second kappa shape index (κ2) is 4.04. The molecule has 1 aliphatic carbocycles. The summed E-state index contributed by atoms with van der Waals surface area (Å²) in [5.41, 5.74) is -0.801. The minimum atomic E-state index is -0.648. The number of carbonyl (C=O) groups is 2. The second-order valence-corrected chi connectivity index (χ2v) is 7.23. The molecule has 0 aromatic rings. The Bertz CT molecular complexity index is 455. The van der Waals surface area contributed by atoms with E-state index in [4.69, 9.17) is 14.2 Å². The minimum Gasteiger partial charge on any atom is -0.455 e. The van der Waals surface area contributed by atoms with Crippen LogP contribution in [0.5, 0.6) is 0 Å². The van der Waals surface area contributed by atoms with Gasteiger partial charge >= 0.3 is 5.97 Å². The van der Waals surface area contributed by atoms with Crippen LogP contribution in [-0.4, -0.2) is 36.4 Å². The van der Waals surface area contributed by atoms with Gasteiger partial charge < -0.3 is 19.0 Å². The van der Waals surface area contributed by atoms with E-state index in [0.29, 0.717) is 6.61 Å². The molecule has 0 aromatic heterocycles. The predicted octanol–water partition coefficient (Wildman–Crippen LogP) is 1.68. The average Bonchev–Trinajstić information content (AvgIpc) is 2.80. The fraction of sp³-hybridized carbons (Fsp3) is 0.867. The van der Waals surface area contributed by atoms with Gasteiger partial charge in [0.05, 0.1) is 12.5 Å². The summed E-state index contributed by atoms with van der Waals surface area (Å²) in [4.78, 5) is 23.0. The molecule has 2 aliphatic heterocycles. The summed E-state index contributed by atoms with van der Waals surface area (Å²) in [6.45, 7) is 8.34. The lowest BCUT2D eigenvalue weighted by atomic mass is 9.48. The highest BCUT2D eigenvalue weighted by Crippen LogP contribution is 2.66. The molecule has 0 radical (unpaired) electrons. The van der Waals surface area contributed by atoms with Gasteiger partial charge in [0.25, 0.3) is 0 Å². The van der Waals surface area contributed by atoms with E-state index in [1.54, 1.807) is 0 Å². The van der Waals surface area contributed by atoms with E-state index in [9.17, 15) is 9.59 Å². The molecule has 3 rings (SSSR count). The first kappa shape index (κ1) is 14.0. The second-order valence-electron chi connectivity index (χ2n) is 7.23. The molecule has 0 bridgehead atoms. The highest BCUT2D eigenvalue weighted by Gasteiger charge is 2.75. The van der Waals surface area contributed by atoms with Crippen molar-refractivity contribution in [1.29, 1.82) is 0 Å². The zero-order valence-corrected chi connectivity index (χ0v) is 12.5. The number of ether oxygens (including phenoxy) is 3. The summed E-state index contributed by atoms with van der Waals surface area (Å²) in [6, 6.07) is 0. The Balaban J connectivity index is 1.92. The van der Waals surface area contributed by atoms with E-state index in [0.717, 1.165) is 12.7 Å². The number of carbonyl (C=O) groups excluding carboxylic acids is 2. The Labute approximate surface area is 118 Å². The summed E-state index contributed by atoms with van der Waals surface area (Å²) in [7, 11) is 0. The molecule has 112 valence electrons. The maximum atomic E-state index is 12.2. The van der Waals surface area contributed by atoms with Gasteiger partial charge in [0.15, 0.2) is 5.79 Å². The first-order valence-corrected chi connectivity index (χ1v) is 7.22. The Hall–Kier alpha value is -0.940. The van der Waals surface area contributed by atoms with E-state index in [-0.39, 0.29) is 35.7 Å². The van der Waals surface area contributed by atoms with Crippen molar-refractivity contribution in [3.8, 4) is 0 Å². The molecule has 1 saturated carbocycles. The average molecular weight is 282 g/mol. The Kier molecular flexibility index (Phi) is 2.83. The zero-order chi connectivity index (χ0) is 14.8. The van der Waals surface area contributed by atoms with Crippen molar-refractivity contribution < 1.29 is 23.8 Å². The SMILES string of the molecule is CC1(C)OC[C@@H]([C@]23OC(=O)[C@H](CC=O)[C@H]2CC3(C)C)O1. The molecule has 0 unspecified atom stereocenters. The number of aldehydes is 1. The fourth-order valence-corrected chi connectivity index (χ4v) is 4.30. The van der Waals surface area contributed by atoms with Gasteiger partial charge in [-0.25, -0.2) is 0 Å². The summed E-state index contributed by atoms with van der Waals surface area (Å²) in [5, 5.41) is 0. The molecular formula is C15H22O5. The maximum Gasteiger partial charge on any atom is 0.310 e. The molecule has 2 saturated heterocycles. The van der Waals surface area contributed by atoms with Gasteiger partial charge in [-0.1, -0.05) is 13.8 Å². The van der Waals surface area contributed by atoms with Crippen LogP contribution in [0.25, 0.3) is 0 Å². The van der Waals surface area contributed by atoms with Gasteiger partial charge in [0.2, 0.25) is 0 Å². The van der Waals surface area contributed by atoms with Crippen molar-refractivity contribution in [2.45, 2.75) is 58.0 Å². The van der Waals surface area contributed by atoms with Gasteiger partial charge in [-0.3, -0.25) is 4.79 Å². The van der Waals surface area contributed by atoms with Crippen molar-refractivity contribution in [3.63, 3.8) is 0 Å². The van der Waals surface area contributed by atoms with E-state index >= 15 is 0 Å². The van der Waals surface area contributed by atoms with Crippen LogP contribution in [0, 0.1) is 17.3 Å². The number of rotatable bonds is 3. The molecule has 20 heavy (non-hydrogen) atoms. The standard InChI is InChI=1S/C15H22O5/c1-13(2)7-10-9(5-6-16)12(17)20-15(10,13)11-8-18-14(3,4)19-11/h6,9-11H,5,7-8H2,1-4H3/t9-,10-,11+,15-/m1/s1. The third-order valence-corrected chi connectivity index (χ3v) is 5.23. The molecule has 5 nitrogen and oxygen atoms in total. The van der Waals surface area contributed by atoms with Gasteiger partial charge in [0.1, 0.15) is 18.0 Å². The van der Waals surface area contributed by atoms with Crippen LogP contribution in [0.3, 0.4) is 0 Å². The van der Waals surface area contributed by atoms with Gasteiger partial charge in [-0.2, -0.15) is 0 Å². The van der Waals surface area contributed by atoms with E-state index in [1.807, 2.05) is 13.8 Å². The Morgan fingerprint density at radius 1 is 1.30 bits per heavy atom. The largest absolute Gasteiger partial charge is 0.455 e. The number of fused-ring (bicyclic) bond motifs is 1. The van der Waals surface area contributed by atoms with E-state index in [1.165, 1.54) is 0 Å². The van der Waals surface area contributed by atoms with Crippen LogP contribution in [0.1, 0.15) is 40.5 Å². The highest BCUT2D eigenvalue weighted by molar-refractivity contribution is 5.80. The molecule has 0 aromatic carbocycles. The van der Waals surface area contributed by atoms with Crippen molar-refractivity contribution in [2.75, 3.05) is 6.61 Å². The van der Waals surface area contributed by atoms with Crippen LogP contribution < -0.4 is 0 Å². The molecule has 5 heteroatoms. The fourth-order valence-electron chi connectivity index (χ4n) is 4.30. The highest BCUT2D eigenvalue weighted by atomic mass is 16.8. The number of hydrogen-bond donors (Lipinski definition) is 0. The summed E-state index contributed by atoms with van der Waals surface area (Å²) < 4.78 is 17.4. The van der Waals surface area contributed by atoms with Crippen molar-refractivity contribution >= 4 is 12.3 Å². The molecule has 0 amide bonds. The third kappa shape index (κ3) is 1.62. The zero-order valence-electron chi connectivity index (χ0n) is 12.5. The van der Waals surface area contributed by atoms with E-state index < -0.39 is 11.4 Å². The van der Waals surface area contributed by atoms with Crippen LogP contribution in [0.4, 0.5) is 0 Å². The Morgan fingerprint density at radius 2 is 2.00 bits per heavy atom. The Morgan fingerprint density at radius 3 is 2.50 bits per heavy atom. The van der Waals surface area contributed by atoms with Crippen molar-refractivity contribution in [3.05, 3.63) is 0 Å². The maximum absolute atomic E-state index is 12.2. The van der Waals surface area contributed by atoms with E-state index in [2.05, 4.69) is 13.8 Å². The van der Waals surface area contributed by atoms with Crippen LogP contribution in [-0.2, 0) is 23.8 Å². The van der Waals surface area contributed by atoms with Crippen LogP contribution in [0.2, 0.25) is 0 Å². The first-order valence-electron chi connectivity index (χ1n) is 7.22. The minimum absolute atomic E-state index is 0.0534. The lowest BCUT2D eigenvalue weighted by Gasteiger charge is -2.59. The van der Waals surface area contributed by atoms with Gasteiger partial charge in [0, 0.05) is 17.8 Å². The quantitative estimate of drug-likeness (QED) is 0.582. The van der Waals surface area contributed by atoms with Crippen LogP contribution >= 0.6 is 0 Å². The lowest BCUT2D eigenvalue weighted by molar-refractivity contribution is -0.254. The normalized spacial score (nSPS) is 44.6. The summed E-state index contributed by atoms with van der Waals surface area (Å²) in [5.74, 6) is -1.18. The topological polar surface area (TPSA) is 61.8 Å². The lowest BCUT2D eigenvalue weighted by Crippen LogP contribution is -2.68. The molecule has 0 N–H and O–H groups in total.